The molecule has 102 heavy (non-hydrogen) atoms. The van der Waals surface area contributed by atoms with Crippen LogP contribution in [0.4, 0.5) is 0 Å². The number of aliphatic carboxylic acids is 1. The molecule has 37 nitrogen and oxygen atoms in total. The molecule has 1 fully saturated rings. The largest absolute Gasteiger partial charge is 0.480 e. The lowest BCUT2D eigenvalue weighted by Crippen LogP contribution is -2.60. The fraction of sp³-hybridized carbons (Fsp3) is 0.646. The highest BCUT2D eigenvalue weighted by atomic mass is 16.4. The van der Waals surface area contributed by atoms with E-state index in [-0.39, 0.29) is 95.2 Å². The van der Waals surface area contributed by atoms with Crippen molar-refractivity contribution in [2.24, 2.45) is 62.9 Å². The second-order valence-electron chi connectivity index (χ2n) is 26.1. The number of rotatable bonds is 48. The van der Waals surface area contributed by atoms with Crippen molar-refractivity contribution in [1.82, 2.24) is 63.4 Å². The number of guanidine groups is 1. The third kappa shape index (κ3) is 33.4. The highest BCUT2D eigenvalue weighted by molar-refractivity contribution is 6.00. The third-order valence-corrected chi connectivity index (χ3v) is 16.4. The molecular formula is C65H108N20O17. The summed E-state index contributed by atoms with van der Waals surface area (Å²) in [6.07, 6.45) is -0.298. The van der Waals surface area contributed by atoms with Crippen LogP contribution in [0.1, 0.15) is 150 Å². The molecule has 0 aromatic heterocycles. The number of unbranched alkanes of at least 4 members (excludes halogenated alkanes) is 1. The molecule has 1 saturated heterocycles. The van der Waals surface area contributed by atoms with Gasteiger partial charge >= 0.3 is 5.97 Å². The molecule has 0 spiro atoms. The number of nitrogens with two attached hydrogens (primary N) is 7. The Balaban J connectivity index is 2.32. The second-order valence-corrected chi connectivity index (χ2v) is 26.1. The predicted molar refractivity (Wildman–Crippen MR) is 371 cm³/mol. The van der Waals surface area contributed by atoms with Crippen LogP contribution in [0.5, 0.6) is 0 Å². The Bertz CT molecular complexity index is 3080. The molecule has 37 heteroatoms. The Kier molecular flexibility index (Phi) is 39.4. The normalized spacial score (nSPS) is 15.8. The second kappa shape index (κ2) is 45.6. The molecule has 1 aromatic carbocycles. The number of aliphatic imine (C=N–C) groups is 1. The zero-order chi connectivity index (χ0) is 76.9. The molecule has 15 amide bonds. The Hall–Kier alpha value is -10.1. The number of amides is 15. The first-order valence-corrected chi connectivity index (χ1v) is 34.2. The summed E-state index contributed by atoms with van der Waals surface area (Å²) in [5, 5.41) is 37.4. The molecule has 0 unspecified atom stereocenters. The topological polar surface area (TPSA) is 623 Å². The van der Waals surface area contributed by atoms with Crippen molar-refractivity contribution in [2.75, 3.05) is 32.7 Å². The van der Waals surface area contributed by atoms with E-state index in [1.807, 2.05) is 0 Å². The first-order chi connectivity index (χ1) is 48.0. The maximum Gasteiger partial charge on any atom is 0.326 e. The van der Waals surface area contributed by atoms with Gasteiger partial charge in [-0.25, -0.2) is 4.79 Å². The van der Waals surface area contributed by atoms with Crippen LogP contribution in [-0.4, -0.2) is 210 Å². The summed E-state index contributed by atoms with van der Waals surface area (Å²) in [7, 11) is 0. The molecule has 0 saturated carbocycles. The predicted octanol–water partition coefficient (Wildman–Crippen LogP) is -6.03. The van der Waals surface area contributed by atoms with Gasteiger partial charge in [-0.3, -0.25) is 76.9 Å². The molecule has 1 aliphatic heterocycles. The standard InChI is InChI=1S/C65H108N20O17/c1-8-36(6)53(63(100)85-27-15-20-47(85)62(99)75-33-52(90)77-43(28-34(2)3)58(95)82-44(29-35(4)5)59(96)83-46(31-50(70)88)61(98)81-42(64(101)102)22-24-49(69)87)84-57(94)40(18-12-13-25-66)79-54(91)37(7)76-56(93)41(19-14-26-73-65(71)72)80-60(97)45(30-38-16-10-9-11-17-38)78-51(89)32-74-55(92)39(67)21-23-48(68)86/h9-11,16-17,34-37,39-47,53H,8,12-15,18-33,66-67H2,1-7H3,(H2,68,86)(H2,69,87)(H2,70,88)(H,74,92)(H,75,99)(H,76,93)(H,77,90)(H,78,89)(H,79,91)(H,80,97)(H,81,98)(H,82,95)(H,83,96)(H,84,94)(H,101,102)(H4,71,72,73)/t36-,37-,39-,40-,41-,42-,43-,44-,45-,46-,47-,53-/m0/s1. The minimum atomic E-state index is -1.72. The molecule has 2 rings (SSSR count). The Morgan fingerprint density at radius 3 is 1.58 bits per heavy atom. The SMILES string of the molecule is CC[C@H](C)[C@H](NC(=O)[C@H](CCCCN)NC(=O)[C@H](C)NC(=O)[C@H](CCCN=C(N)N)NC(=O)[C@H](Cc1ccccc1)NC(=O)CNC(=O)[C@@H](N)CCC(N)=O)C(=O)N1CCC[C@H]1C(=O)NCC(=O)N[C@@H](CC(C)C)C(=O)N[C@@H](CC(C)C)C(=O)N[C@@H](CC(N)=O)C(=O)N[C@@H](CCC(N)=O)C(=O)O. The summed E-state index contributed by atoms with van der Waals surface area (Å²) >= 11 is 0. The number of nitrogens with zero attached hydrogens (tertiary/aromatic N) is 2. The average molecular weight is 1440 g/mol. The first-order valence-electron chi connectivity index (χ1n) is 34.2. The molecule has 26 N–H and O–H groups in total. The summed E-state index contributed by atoms with van der Waals surface area (Å²) in [4.78, 5) is 218. The van der Waals surface area contributed by atoms with Gasteiger partial charge in [0.1, 0.15) is 60.4 Å². The van der Waals surface area contributed by atoms with Gasteiger partial charge in [-0.15, -0.1) is 0 Å². The Morgan fingerprint density at radius 1 is 0.539 bits per heavy atom. The van der Waals surface area contributed by atoms with Crippen molar-refractivity contribution in [3.05, 3.63) is 35.9 Å². The van der Waals surface area contributed by atoms with E-state index in [9.17, 15) is 81.8 Å². The monoisotopic (exact) mass is 1440 g/mol. The minimum Gasteiger partial charge on any atom is -0.480 e. The number of hydrogen-bond donors (Lipinski definition) is 19. The fourth-order valence-electron chi connectivity index (χ4n) is 10.6. The van der Waals surface area contributed by atoms with Gasteiger partial charge in [0.15, 0.2) is 5.96 Å². The number of likely N-dealkylation sites (tertiary alicyclic amines) is 1. The van der Waals surface area contributed by atoms with E-state index in [0.29, 0.717) is 31.2 Å². The molecule has 12 atom stereocenters. The summed E-state index contributed by atoms with van der Waals surface area (Å²) < 4.78 is 0. The lowest BCUT2D eigenvalue weighted by Gasteiger charge is -2.32. The van der Waals surface area contributed by atoms with Gasteiger partial charge in [-0.1, -0.05) is 78.3 Å². The number of nitrogens with one attached hydrogen (secondary N) is 11. The summed E-state index contributed by atoms with van der Waals surface area (Å²) in [5.41, 5.74) is 39.0. The molecular weight excluding hydrogens is 1330 g/mol. The number of carboxylic acid groups (broad SMARTS) is 1. The van der Waals surface area contributed by atoms with Crippen molar-refractivity contribution >= 4 is 101 Å². The van der Waals surface area contributed by atoms with Crippen LogP contribution in [-0.2, 0) is 83.1 Å². The number of carbonyl (C=O) groups is 16. The van der Waals surface area contributed by atoms with Crippen LogP contribution in [0.25, 0.3) is 0 Å². The molecule has 0 bridgehead atoms. The molecule has 570 valence electrons. The van der Waals surface area contributed by atoms with Crippen LogP contribution in [0.15, 0.2) is 35.3 Å². The summed E-state index contributed by atoms with van der Waals surface area (Å²) in [6, 6.07) is -6.46. The quantitative estimate of drug-likeness (QED) is 0.0164. The van der Waals surface area contributed by atoms with Crippen LogP contribution in [0, 0.1) is 17.8 Å². The molecule has 0 radical (unpaired) electrons. The molecule has 1 aliphatic rings. The van der Waals surface area contributed by atoms with Gasteiger partial charge in [0.05, 0.1) is 25.6 Å². The van der Waals surface area contributed by atoms with Gasteiger partial charge in [0.2, 0.25) is 88.6 Å². The zero-order valence-corrected chi connectivity index (χ0v) is 59.2. The molecule has 0 aliphatic carbocycles. The third-order valence-electron chi connectivity index (χ3n) is 16.4. The number of primary amides is 3. The number of hydrogen-bond acceptors (Lipinski definition) is 19. The maximum atomic E-state index is 14.7. The van der Waals surface area contributed by atoms with Crippen LogP contribution in [0.3, 0.4) is 0 Å². The fourth-order valence-corrected chi connectivity index (χ4v) is 10.6. The van der Waals surface area contributed by atoms with Crippen molar-refractivity contribution in [2.45, 2.75) is 218 Å². The molecule has 1 aromatic rings. The van der Waals surface area contributed by atoms with E-state index in [0.717, 1.165) is 0 Å². The van der Waals surface area contributed by atoms with Crippen molar-refractivity contribution < 1.29 is 81.8 Å². The Labute approximate surface area is 592 Å². The van der Waals surface area contributed by atoms with E-state index >= 15 is 0 Å². The van der Waals surface area contributed by atoms with Crippen LogP contribution < -0.4 is 98.6 Å². The van der Waals surface area contributed by atoms with Gasteiger partial charge in [0.25, 0.3) is 0 Å². The highest BCUT2D eigenvalue weighted by Gasteiger charge is 2.41. The lowest BCUT2D eigenvalue weighted by molar-refractivity contribution is -0.143. The van der Waals surface area contributed by atoms with Gasteiger partial charge < -0.3 is 109 Å². The summed E-state index contributed by atoms with van der Waals surface area (Å²) in [5.74, 6) is -15.4. The van der Waals surface area contributed by atoms with Gasteiger partial charge in [0, 0.05) is 32.4 Å². The zero-order valence-electron chi connectivity index (χ0n) is 59.2. The van der Waals surface area contributed by atoms with E-state index in [1.54, 1.807) is 71.9 Å². The average Bonchev–Trinajstić information content (AvgIpc) is 1.57. The Morgan fingerprint density at radius 2 is 1.03 bits per heavy atom. The van der Waals surface area contributed by atoms with Crippen LogP contribution >= 0.6 is 0 Å². The van der Waals surface area contributed by atoms with Crippen molar-refractivity contribution in [3.8, 4) is 0 Å². The number of carboxylic acids is 1. The summed E-state index contributed by atoms with van der Waals surface area (Å²) in [6.45, 7) is 10.8. The van der Waals surface area contributed by atoms with Gasteiger partial charge in [-0.2, -0.15) is 0 Å². The van der Waals surface area contributed by atoms with Crippen molar-refractivity contribution in [1.29, 1.82) is 0 Å². The molecule has 1 heterocycles. The minimum absolute atomic E-state index is 0.0183. The van der Waals surface area contributed by atoms with E-state index < -0.39 is 199 Å². The van der Waals surface area contributed by atoms with E-state index in [2.05, 4.69) is 63.5 Å². The van der Waals surface area contributed by atoms with Crippen LogP contribution in [0.2, 0.25) is 0 Å². The van der Waals surface area contributed by atoms with Crippen molar-refractivity contribution in [3.63, 3.8) is 0 Å². The smallest absolute Gasteiger partial charge is 0.326 e. The van der Waals surface area contributed by atoms with E-state index in [1.165, 1.54) is 11.8 Å². The first kappa shape index (κ1) is 88.0. The number of carbonyl (C=O) groups excluding carboxylic acids is 15. The maximum absolute atomic E-state index is 14.7. The number of benzene rings is 1. The lowest BCUT2D eigenvalue weighted by atomic mass is 9.96. The van der Waals surface area contributed by atoms with Gasteiger partial charge in [-0.05, 0) is 107 Å². The highest BCUT2D eigenvalue weighted by Crippen LogP contribution is 2.22. The van der Waals surface area contributed by atoms with E-state index in [4.69, 9.17) is 40.1 Å².